The molecule has 0 amide bonds. The largest absolute Gasteiger partial charge is 0.369 e. The van der Waals surface area contributed by atoms with E-state index in [4.69, 9.17) is 9.72 Å². The highest BCUT2D eigenvalue weighted by atomic mass is 16.5. The Morgan fingerprint density at radius 1 is 1.08 bits per heavy atom. The van der Waals surface area contributed by atoms with Crippen molar-refractivity contribution in [2.24, 2.45) is 0 Å². The Bertz CT molecular complexity index is 661. The summed E-state index contributed by atoms with van der Waals surface area (Å²) in [6, 6.07) is 2.01. The topological polar surface area (TPSA) is 67.3 Å². The zero-order valence-corrected chi connectivity index (χ0v) is 13.7. The molecule has 7 nitrogen and oxygen atoms in total. The van der Waals surface area contributed by atoms with E-state index in [2.05, 4.69) is 24.8 Å². The van der Waals surface area contributed by atoms with Crippen LogP contribution in [0, 0.1) is 0 Å². The van der Waals surface area contributed by atoms with E-state index in [1.807, 2.05) is 12.3 Å². The molecule has 2 aromatic rings. The van der Waals surface area contributed by atoms with Gasteiger partial charge in [-0.15, -0.1) is 0 Å². The third-order valence-corrected chi connectivity index (χ3v) is 4.54. The van der Waals surface area contributed by atoms with Crippen molar-refractivity contribution in [2.75, 3.05) is 37.7 Å². The molecule has 4 heterocycles. The van der Waals surface area contributed by atoms with Crippen LogP contribution in [0.25, 0.3) is 0 Å². The molecule has 0 saturated carbocycles. The van der Waals surface area contributed by atoms with Gasteiger partial charge >= 0.3 is 0 Å². The summed E-state index contributed by atoms with van der Waals surface area (Å²) >= 11 is 0. The van der Waals surface area contributed by atoms with Gasteiger partial charge in [0.1, 0.15) is 6.10 Å². The van der Waals surface area contributed by atoms with Crippen LogP contribution in [-0.4, -0.2) is 57.6 Å². The summed E-state index contributed by atoms with van der Waals surface area (Å²) in [6.07, 6.45) is 9.50. The first-order valence-corrected chi connectivity index (χ1v) is 8.55. The number of aromatic nitrogens is 4. The van der Waals surface area contributed by atoms with Crippen LogP contribution in [0.4, 0.5) is 5.95 Å². The van der Waals surface area contributed by atoms with Gasteiger partial charge in [-0.3, -0.25) is 14.9 Å². The van der Waals surface area contributed by atoms with Gasteiger partial charge in [-0.2, -0.15) is 0 Å². The fourth-order valence-electron chi connectivity index (χ4n) is 3.27. The summed E-state index contributed by atoms with van der Waals surface area (Å²) in [5.74, 6) is 0.865. The molecule has 0 aliphatic carbocycles. The summed E-state index contributed by atoms with van der Waals surface area (Å²) < 4.78 is 5.85. The number of ether oxygens (including phenoxy) is 1. The lowest BCUT2D eigenvalue weighted by Gasteiger charge is -2.32. The van der Waals surface area contributed by atoms with Gasteiger partial charge in [-0.25, -0.2) is 9.97 Å². The zero-order valence-electron chi connectivity index (χ0n) is 13.7. The molecule has 2 aliphatic heterocycles. The fourth-order valence-corrected chi connectivity index (χ4v) is 3.27. The van der Waals surface area contributed by atoms with Gasteiger partial charge in [0.05, 0.1) is 24.2 Å². The second-order valence-electron chi connectivity index (χ2n) is 6.27. The predicted octanol–water partition coefficient (Wildman–Crippen LogP) is 1.44. The van der Waals surface area contributed by atoms with E-state index in [1.165, 1.54) is 12.8 Å². The zero-order chi connectivity index (χ0) is 16.2. The normalized spacial score (nSPS) is 22.0. The smallest absolute Gasteiger partial charge is 0.225 e. The lowest BCUT2D eigenvalue weighted by molar-refractivity contribution is -0.0355. The molecule has 2 fully saturated rings. The average molecular weight is 326 g/mol. The van der Waals surface area contributed by atoms with Crippen LogP contribution in [0.3, 0.4) is 0 Å². The van der Waals surface area contributed by atoms with E-state index < -0.39 is 0 Å². The molecule has 7 heteroatoms. The van der Waals surface area contributed by atoms with E-state index >= 15 is 0 Å². The van der Waals surface area contributed by atoms with Crippen molar-refractivity contribution >= 4 is 5.95 Å². The van der Waals surface area contributed by atoms with Crippen molar-refractivity contribution in [3.8, 4) is 0 Å². The van der Waals surface area contributed by atoms with Crippen molar-refractivity contribution in [2.45, 2.75) is 25.5 Å². The molecular formula is C17H22N6O. The number of nitrogens with zero attached hydrogens (tertiary/aromatic N) is 6. The Hall–Kier alpha value is -2.12. The highest BCUT2D eigenvalue weighted by Crippen LogP contribution is 2.21. The molecule has 4 rings (SSSR count). The Kier molecular flexibility index (Phi) is 4.62. The van der Waals surface area contributed by atoms with Gasteiger partial charge in [-0.1, -0.05) is 0 Å². The van der Waals surface area contributed by atoms with Crippen LogP contribution >= 0.6 is 0 Å². The minimum Gasteiger partial charge on any atom is -0.369 e. The Morgan fingerprint density at radius 3 is 2.83 bits per heavy atom. The van der Waals surface area contributed by atoms with E-state index in [0.717, 1.165) is 50.1 Å². The SMILES string of the molecule is c1cnc(C2CN(Cc3ccnc(N4CCCC4)n3)CCO2)cn1. The molecular weight excluding hydrogens is 304 g/mol. The summed E-state index contributed by atoms with van der Waals surface area (Å²) in [6.45, 7) is 5.35. The first-order valence-electron chi connectivity index (χ1n) is 8.55. The van der Waals surface area contributed by atoms with Crippen molar-refractivity contribution < 1.29 is 4.74 Å². The number of hydrogen-bond acceptors (Lipinski definition) is 7. The maximum absolute atomic E-state index is 5.85. The number of rotatable bonds is 4. The minimum absolute atomic E-state index is 0.0210. The van der Waals surface area contributed by atoms with Gasteiger partial charge < -0.3 is 9.64 Å². The quantitative estimate of drug-likeness (QED) is 0.842. The van der Waals surface area contributed by atoms with Crippen LogP contribution in [0.2, 0.25) is 0 Å². The molecule has 0 bridgehead atoms. The fraction of sp³-hybridized carbons (Fsp3) is 0.529. The van der Waals surface area contributed by atoms with Gasteiger partial charge in [0.15, 0.2) is 0 Å². The van der Waals surface area contributed by atoms with Gasteiger partial charge in [-0.05, 0) is 18.9 Å². The lowest BCUT2D eigenvalue weighted by atomic mass is 10.2. The molecule has 126 valence electrons. The summed E-state index contributed by atoms with van der Waals surface area (Å²) in [5.41, 5.74) is 1.95. The minimum atomic E-state index is -0.0210. The highest BCUT2D eigenvalue weighted by Gasteiger charge is 2.24. The van der Waals surface area contributed by atoms with Crippen LogP contribution in [0.15, 0.2) is 30.9 Å². The van der Waals surface area contributed by atoms with Gasteiger partial charge in [0.25, 0.3) is 0 Å². The summed E-state index contributed by atoms with van der Waals surface area (Å²) in [4.78, 5) is 22.3. The Balaban J connectivity index is 1.42. The molecule has 1 unspecified atom stereocenters. The molecule has 0 spiro atoms. The average Bonchev–Trinajstić information content (AvgIpc) is 3.18. The molecule has 1 atom stereocenters. The lowest BCUT2D eigenvalue weighted by Crippen LogP contribution is -2.38. The van der Waals surface area contributed by atoms with E-state index in [0.29, 0.717) is 6.61 Å². The summed E-state index contributed by atoms with van der Waals surface area (Å²) in [7, 11) is 0. The predicted molar refractivity (Wildman–Crippen MR) is 89.5 cm³/mol. The first kappa shape index (κ1) is 15.4. The molecule has 0 aromatic carbocycles. The Labute approximate surface area is 141 Å². The van der Waals surface area contributed by atoms with Crippen molar-refractivity contribution in [1.82, 2.24) is 24.8 Å². The van der Waals surface area contributed by atoms with E-state index in [9.17, 15) is 0 Å². The van der Waals surface area contributed by atoms with E-state index in [1.54, 1.807) is 18.6 Å². The maximum atomic E-state index is 5.85. The van der Waals surface area contributed by atoms with Crippen LogP contribution < -0.4 is 4.90 Å². The maximum Gasteiger partial charge on any atom is 0.225 e. The van der Waals surface area contributed by atoms with Crippen molar-refractivity contribution in [3.63, 3.8) is 0 Å². The van der Waals surface area contributed by atoms with Gasteiger partial charge in [0.2, 0.25) is 5.95 Å². The van der Waals surface area contributed by atoms with Crippen molar-refractivity contribution in [3.05, 3.63) is 42.2 Å². The molecule has 0 N–H and O–H groups in total. The van der Waals surface area contributed by atoms with E-state index in [-0.39, 0.29) is 6.10 Å². The number of anilines is 1. The third kappa shape index (κ3) is 3.52. The molecule has 0 radical (unpaired) electrons. The second kappa shape index (κ2) is 7.19. The van der Waals surface area contributed by atoms with Crippen LogP contribution in [0.1, 0.15) is 30.3 Å². The molecule has 24 heavy (non-hydrogen) atoms. The standard InChI is InChI=1S/C17H22N6O/c1-2-8-23(7-1)17-20-4-3-14(21-17)12-22-9-10-24-16(13-22)15-11-18-5-6-19-15/h3-6,11,16H,1-2,7-10,12-13H2. The molecule has 2 aromatic heterocycles. The number of hydrogen-bond donors (Lipinski definition) is 0. The van der Waals surface area contributed by atoms with Crippen LogP contribution in [0.5, 0.6) is 0 Å². The molecule has 2 aliphatic rings. The first-order chi connectivity index (χ1) is 11.9. The number of morpholine rings is 1. The third-order valence-electron chi connectivity index (χ3n) is 4.54. The highest BCUT2D eigenvalue weighted by molar-refractivity contribution is 5.31. The Morgan fingerprint density at radius 2 is 2.00 bits per heavy atom. The van der Waals surface area contributed by atoms with Crippen LogP contribution in [-0.2, 0) is 11.3 Å². The second-order valence-corrected chi connectivity index (χ2v) is 6.27. The summed E-state index contributed by atoms with van der Waals surface area (Å²) in [5, 5.41) is 0. The van der Waals surface area contributed by atoms with Crippen molar-refractivity contribution in [1.29, 1.82) is 0 Å². The molecule has 2 saturated heterocycles. The van der Waals surface area contributed by atoms with Gasteiger partial charge in [0, 0.05) is 51.3 Å². The monoisotopic (exact) mass is 326 g/mol.